The summed E-state index contributed by atoms with van der Waals surface area (Å²) in [7, 11) is -0.784. The van der Waals surface area contributed by atoms with Crippen molar-refractivity contribution < 1.29 is 61.3 Å². The molecule has 0 heterocycles. The Kier molecular flexibility index (Phi) is 10.6. The first-order valence-corrected chi connectivity index (χ1v) is 11.1. The topological polar surface area (TPSA) is 52.5 Å². The first-order valence-electron chi connectivity index (χ1n) is 9.79. The summed E-state index contributed by atoms with van der Waals surface area (Å²) in [5, 5.41) is 15.1. The van der Waals surface area contributed by atoms with Crippen LogP contribution in [0.15, 0.2) is 89.9 Å². The number of carbonyl (C=O) groups excluding carboxylic acids is 1. The third kappa shape index (κ3) is 6.95. The minimum atomic E-state index is -1.12. The van der Waals surface area contributed by atoms with Crippen molar-refractivity contribution in [2.75, 3.05) is 0 Å². The molecule has 5 heteroatoms. The molecule has 1 atom stereocenters. The van der Waals surface area contributed by atoms with Crippen LogP contribution in [0.25, 0.3) is 0 Å². The second kappa shape index (κ2) is 12.7. The van der Waals surface area contributed by atoms with E-state index in [1.54, 1.807) is 6.21 Å². The summed E-state index contributed by atoms with van der Waals surface area (Å²) in [6, 6.07) is 28.1. The van der Waals surface area contributed by atoms with Crippen LogP contribution in [-0.4, -0.2) is 18.2 Å². The van der Waals surface area contributed by atoms with Crippen LogP contribution in [-0.2, 0) is 4.79 Å². The molecule has 0 fully saturated rings. The molecule has 3 rings (SSSR count). The van der Waals surface area contributed by atoms with Gasteiger partial charge in [0.15, 0.2) is 0 Å². The first-order chi connectivity index (χ1) is 14.1. The Hall–Kier alpha value is -1.13. The fraction of sp³-hybridized carbons (Fsp3) is 0.200. The van der Waals surface area contributed by atoms with Gasteiger partial charge in [0.1, 0.15) is 0 Å². The van der Waals surface area contributed by atoms with E-state index < -0.39 is 19.9 Å². The number of benzene rings is 3. The number of carboxylic acid groups (broad SMARTS) is 1. The number of hydrogen-bond donors (Lipinski definition) is 0. The summed E-state index contributed by atoms with van der Waals surface area (Å²) in [4.78, 5) is 15.9. The van der Waals surface area contributed by atoms with E-state index in [4.69, 9.17) is 0 Å². The van der Waals surface area contributed by atoms with Crippen molar-refractivity contribution in [1.82, 2.24) is 0 Å². The molecule has 0 unspecified atom stereocenters. The second-order valence-corrected chi connectivity index (χ2v) is 9.49. The van der Waals surface area contributed by atoms with Gasteiger partial charge in [-0.15, -0.1) is 0 Å². The summed E-state index contributed by atoms with van der Waals surface area (Å²) >= 11 is 0. The monoisotopic (exact) mass is 441 g/mol. The predicted octanol–water partition coefficient (Wildman–Crippen LogP) is 0.0323. The van der Waals surface area contributed by atoms with Crippen molar-refractivity contribution in [3.63, 3.8) is 0 Å². The number of aliphatic imine (C=N–C) groups is 1. The zero-order chi connectivity index (χ0) is 20.6. The van der Waals surface area contributed by atoms with Crippen molar-refractivity contribution in [1.29, 1.82) is 0 Å². The number of hydrogen-bond acceptors (Lipinski definition) is 3. The van der Waals surface area contributed by atoms with Crippen LogP contribution in [0.1, 0.15) is 25.8 Å². The Balaban J connectivity index is 0.00000320. The van der Waals surface area contributed by atoms with Gasteiger partial charge in [0, 0.05) is 11.8 Å². The van der Waals surface area contributed by atoms with E-state index in [9.17, 15) is 9.90 Å². The Morgan fingerprint density at radius 3 is 1.90 bits per heavy atom. The Morgan fingerprint density at radius 1 is 0.900 bits per heavy atom. The maximum absolute atomic E-state index is 11.5. The molecule has 0 aliphatic rings. The van der Waals surface area contributed by atoms with Crippen molar-refractivity contribution in [2.45, 2.75) is 26.3 Å². The van der Waals surface area contributed by atoms with Crippen molar-refractivity contribution in [3.05, 3.63) is 90.5 Å². The van der Waals surface area contributed by atoms with Gasteiger partial charge in [-0.1, -0.05) is 98.8 Å². The maximum atomic E-state index is 11.5. The zero-order valence-corrected chi connectivity index (χ0v) is 21.8. The molecular formula is C25H25KNO2P. The van der Waals surface area contributed by atoms with E-state index in [2.05, 4.69) is 59.6 Å². The van der Waals surface area contributed by atoms with E-state index in [1.807, 2.05) is 44.2 Å². The van der Waals surface area contributed by atoms with E-state index in [-0.39, 0.29) is 57.3 Å². The van der Waals surface area contributed by atoms with Crippen LogP contribution in [0.4, 0.5) is 0 Å². The Labute approximate surface area is 222 Å². The molecule has 0 bridgehead atoms. The van der Waals surface area contributed by atoms with Gasteiger partial charge in [0.2, 0.25) is 0 Å². The maximum Gasteiger partial charge on any atom is 1.00 e. The van der Waals surface area contributed by atoms with Gasteiger partial charge in [-0.25, -0.2) is 0 Å². The number of carbonyl (C=O) groups is 1. The average Bonchev–Trinajstić information content (AvgIpc) is 2.73. The van der Waals surface area contributed by atoms with Gasteiger partial charge in [0.05, 0.1) is 12.0 Å². The molecule has 0 radical (unpaired) electrons. The SMILES string of the molecule is CC(C)C[C@H](N=Cc1ccccc1P(c1ccccc1)c1ccccc1)C(=O)[O-].[K+]. The third-order valence-electron chi connectivity index (χ3n) is 4.57. The van der Waals surface area contributed by atoms with Gasteiger partial charge < -0.3 is 9.90 Å². The van der Waals surface area contributed by atoms with E-state index >= 15 is 0 Å². The van der Waals surface area contributed by atoms with Gasteiger partial charge >= 0.3 is 51.4 Å². The van der Waals surface area contributed by atoms with Gasteiger partial charge in [0.25, 0.3) is 0 Å². The van der Waals surface area contributed by atoms with E-state index in [0.717, 1.165) is 10.9 Å². The predicted molar refractivity (Wildman–Crippen MR) is 121 cm³/mol. The summed E-state index contributed by atoms with van der Waals surface area (Å²) in [5.41, 5.74) is 0.946. The number of nitrogens with zero attached hydrogens (tertiary/aromatic N) is 1. The van der Waals surface area contributed by atoms with Crippen molar-refractivity contribution in [3.8, 4) is 0 Å². The molecule has 148 valence electrons. The molecule has 0 amide bonds. The van der Waals surface area contributed by atoms with Crippen LogP contribution in [0.3, 0.4) is 0 Å². The third-order valence-corrected chi connectivity index (χ3v) is 7.08. The molecule has 3 nitrogen and oxygen atoms in total. The van der Waals surface area contributed by atoms with Crippen LogP contribution < -0.4 is 72.4 Å². The molecule has 0 saturated carbocycles. The summed E-state index contributed by atoms with van der Waals surface area (Å²) < 4.78 is 0. The molecule has 0 saturated heterocycles. The number of rotatable bonds is 8. The molecule has 0 N–H and O–H groups in total. The molecular weight excluding hydrogens is 416 g/mol. The summed E-state index contributed by atoms with van der Waals surface area (Å²) in [6.07, 6.45) is 2.17. The van der Waals surface area contributed by atoms with Gasteiger partial charge in [-0.3, -0.25) is 4.99 Å². The molecule has 0 aliphatic heterocycles. The molecule has 0 aliphatic carbocycles. The van der Waals surface area contributed by atoms with Crippen LogP contribution >= 0.6 is 7.92 Å². The smallest absolute Gasteiger partial charge is 0.548 e. The normalized spacial score (nSPS) is 12.1. The molecule has 30 heavy (non-hydrogen) atoms. The Morgan fingerprint density at radius 2 is 1.40 bits per heavy atom. The second-order valence-electron chi connectivity index (χ2n) is 7.31. The van der Waals surface area contributed by atoms with Crippen LogP contribution in [0.2, 0.25) is 0 Å². The minimum absolute atomic E-state index is 0. The van der Waals surface area contributed by atoms with Crippen LogP contribution in [0, 0.1) is 5.92 Å². The quantitative estimate of drug-likeness (QED) is 0.282. The molecule has 0 aromatic heterocycles. The van der Waals surface area contributed by atoms with E-state index in [0.29, 0.717) is 6.42 Å². The first kappa shape index (κ1) is 25.1. The van der Waals surface area contributed by atoms with Crippen molar-refractivity contribution in [2.24, 2.45) is 10.9 Å². The minimum Gasteiger partial charge on any atom is -0.548 e. The Bertz CT molecular complexity index is 922. The average molecular weight is 442 g/mol. The fourth-order valence-electron chi connectivity index (χ4n) is 3.22. The molecule has 0 spiro atoms. The van der Waals surface area contributed by atoms with Gasteiger partial charge in [-0.2, -0.15) is 0 Å². The van der Waals surface area contributed by atoms with Crippen LogP contribution in [0.5, 0.6) is 0 Å². The molecule has 3 aromatic rings. The number of aliphatic carboxylic acids is 1. The summed E-state index contributed by atoms with van der Waals surface area (Å²) in [5.74, 6) is -0.892. The largest absolute Gasteiger partial charge is 1.00 e. The number of carboxylic acids is 1. The fourth-order valence-corrected chi connectivity index (χ4v) is 5.64. The molecule has 3 aromatic carbocycles. The summed E-state index contributed by atoms with van der Waals surface area (Å²) in [6.45, 7) is 3.98. The standard InChI is InChI=1S/C25H26NO2P.K/c1-19(2)17-23(25(27)28)26-18-20-11-9-10-16-24(20)29(21-12-5-3-6-13-21)22-14-7-4-8-15-22;/h3-16,18-19,23H,17H2,1-2H3,(H,27,28);/q;+1/p-1/t23-;/m0./s1. The van der Waals surface area contributed by atoms with E-state index in [1.165, 1.54) is 10.6 Å². The van der Waals surface area contributed by atoms with Gasteiger partial charge in [-0.05, 0) is 36.2 Å². The zero-order valence-electron chi connectivity index (χ0n) is 17.7. The van der Waals surface area contributed by atoms with Crippen molar-refractivity contribution >= 4 is 36.0 Å².